The zero-order valence-electron chi connectivity index (χ0n) is 31.3. The second kappa shape index (κ2) is 36.3. The van der Waals surface area contributed by atoms with E-state index in [2.05, 4.69) is 85.2 Å². The third-order valence-corrected chi connectivity index (χ3v) is 8.19. The highest BCUT2D eigenvalue weighted by Crippen LogP contribution is 2.35. The van der Waals surface area contributed by atoms with Gasteiger partial charge in [0, 0.05) is 12.8 Å². The molecule has 0 fully saturated rings. The van der Waals surface area contributed by atoms with Gasteiger partial charge in [-0.1, -0.05) is 138 Å². The average Bonchev–Trinajstić information content (AvgIpc) is 3.08. The zero-order chi connectivity index (χ0) is 36.8. The van der Waals surface area contributed by atoms with Crippen molar-refractivity contribution in [3.05, 3.63) is 72.9 Å². The molecule has 0 unspecified atom stereocenters. The van der Waals surface area contributed by atoms with Crippen LogP contribution in [-0.4, -0.2) is 41.0 Å². The lowest BCUT2D eigenvalue weighted by Crippen LogP contribution is -2.29. The third-order valence-electron chi connectivity index (χ3n) is 7.71. The second-order valence-corrected chi connectivity index (χ2v) is 13.8. The summed E-state index contributed by atoms with van der Waals surface area (Å²) in [6, 6.07) is 0. The molecule has 0 amide bonds. The summed E-state index contributed by atoms with van der Waals surface area (Å²) in [5.74, 6) is -0.985. The Hall–Kier alpha value is -2.51. The normalized spacial score (nSPS) is 13.3. The van der Waals surface area contributed by atoms with Gasteiger partial charge >= 0.3 is 19.8 Å². The molecule has 0 saturated heterocycles. The van der Waals surface area contributed by atoms with E-state index in [1.165, 1.54) is 57.8 Å². The molecule has 0 aliphatic rings. The van der Waals surface area contributed by atoms with E-state index >= 15 is 0 Å². The summed E-state index contributed by atoms with van der Waals surface area (Å²) in [7, 11) is -4.77. The maximum atomic E-state index is 12.4. The minimum Gasteiger partial charge on any atom is -0.462 e. The van der Waals surface area contributed by atoms with Crippen molar-refractivity contribution >= 4 is 19.8 Å². The Morgan fingerprint density at radius 2 is 0.980 bits per heavy atom. The van der Waals surface area contributed by atoms with Crippen LogP contribution in [0.25, 0.3) is 0 Å². The fourth-order valence-electron chi connectivity index (χ4n) is 4.87. The smallest absolute Gasteiger partial charge is 0.462 e. The molecule has 50 heavy (non-hydrogen) atoms. The van der Waals surface area contributed by atoms with Crippen LogP contribution < -0.4 is 0 Å². The molecule has 0 aromatic heterocycles. The highest BCUT2D eigenvalue weighted by Gasteiger charge is 2.22. The van der Waals surface area contributed by atoms with Crippen molar-refractivity contribution in [3.8, 4) is 0 Å². The van der Waals surface area contributed by atoms with Crippen molar-refractivity contribution < 1.29 is 37.9 Å². The molecule has 0 heterocycles. The summed E-state index contributed by atoms with van der Waals surface area (Å²) in [4.78, 5) is 42.7. The molecule has 0 spiro atoms. The Labute approximate surface area is 304 Å². The van der Waals surface area contributed by atoms with E-state index in [0.29, 0.717) is 12.8 Å². The molecule has 8 nitrogen and oxygen atoms in total. The number of hydrogen-bond donors (Lipinski definition) is 2. The van der Waals surface area contributed by atoms with Crippen LogP contribution in [0.4, 0.5) is 0 Å². The minimum atomic E-state index is -4.77. The molecule has 0 aliphatic heterocycles. The van der Waals surface area contributed by atoms with Gasteiger partial charge in [-0.2, -0.15) is 0 Å². The first-order chi connectivity index (χ1) is 24.3. The Morgan fingerprint density at radius 1 is 0.540 bits per heavy atom. The number of ether oxygens (including phenoxy) is 2. The maximum absolute atomic E-state index is 12.4. The van der Waals surface area contributed by atoms with Crippen molar-refractivity contribution in [1.29, 1.82) is 0 Å². The summed E-state index contributed by atoms with van der Waals surface area (Å²) >= 11 is 0. The molecule has 0 saturated carbocycles. The van der Waals surface area contributed by atoms with E-state index in [1.54, 1.807) is 0 Å². The topological polar surface area (TPSA) is 119 Å². The van der Waals surface area contributed by atoms with Gasteiger partial charge in [0.2, 0.25) is 0 Å². The minimum absolute atomic E-state index is 0.166. The lowest BCUT2D eigenvalue weighted by Gasteiger charge is -2.18. The van der Waals surface area contributed by atoms with Gasteiger partial charge in [-0.3, -0.25) is 14.1 Å². The van der Waals surface area contributed by atoms with Crippen LogP contribution in [0, 0.1) is 0 Å². The number of hydrogen-bond acceptors (Lipinski definition) is 6. The number of phosphoric ester groups is 1. The van der Waals surface area contributed by atoms with Gasteiger partial charge in [0.1, 0.15) is 6.61 Å². The summed E-state index contributed by atoms with van der Waals surface area (Å²) in [6.45, 7) is 3.49. The van der Waals surface area contributed by atoms with Crippen molar-refractivity contribution in [3.63, 3.8) is 0 Å². The fraction of sp³-hybridized carbons (Fsp3) is 0.659. The molecule has 0 aromatic carbocycles. The lowest BCUT2D eigenvalue weighted by molar-refractivity contribution is -0.161. The van der Waals surface area contributed by atoms with Crippen molar-refractivity contribution in [1.82, 2.24) is 0 Å². The largest absolute Gasteiger partial charge is 0.469 e. The number of rotatable bonds is 34. The summed E-state index contributed by atoms with van der Waals surface area (Å²) in [6.07, 6.45) is 46.3. The maximum Gasteiger partial charge on any atom is 0.469 e. The van der Waals surface area contributed by atoms with E-state index < -0.39 is 32.5 Å². The standard InChI is InChI=1S/C41H69O8P/c1-3-5-7-9-11-13-15-17-19-20-22-23-25-27-29-31-33-35-40(42)47-37-39(38-48-50(44,45)46)49-41(43)36-34-32-30-28-26-24-21-18-16-14-12-10-8-6-4-2/h5,7,11,13,17,19,22-23,26-29,39H,3-4,6,8-10,12,14-16,18,20-21,24-25,30-38H2,1-2H3,(H2,44,45,46)/b7-5+,13-11+,19-17+,23-22+,28-26+,29-27+/t39-/m1/s1. The van der Waals surface area contributed by atoms with Crippen LogP contribution in [0.15, 0.2) is 72.9 Å². The predicted octanol–water partition coefficient (Wildman–Crippen LogP) is 11.5. The fourth-order valence-corrected chi connectivity index (χ4v) is 5.23. The molecule has 286 valence electrons. The predicted molar refractivity (Wildman–Crippen MR) is 207 cm³/mol. The van der Waals surface area contributed by atoms with E-state index in [4.69, 9.17) is 19.3 Å². The van der Waals surface area contributed by atoms with E-state index in [1.807, 2.05) is 6.08 Å². The quantitative estimate of drug-likeness (QED) is 0.0292. The van der Waals surface area contributed by atoms with E-state index in [0.717, 1.165) is 57.8 Å². The molecule has 0 aliphatic carbocycles. The Balaban J connectivity index is 4.11. The van der Waals surface area contributed by atoms with Gasteiger partial charge in [-0.05, 0) is 77.0 Å². The third kappa shape index (κ3) is 38.3. The SMILES string of the molecule is CC/C=C/C/C=C/C/C=C/C/C=C/C/C=C/CCCC(=O)OC[C@H](COP(=O)(O)O)OC(=O)CCCC/C=C/CCCCCCCCCCC. The molecule has 2 N–H and O–H groups in total. The Morgan fingerprint density at radius 3 is 1.52 bits per heavy atom. The number of carbonyl (C=O) groups excluding carboxylic acids is 2. The summed E-state index contributed by atoms with van der Waals surface area (Å²) < 4.78 is 26.2. The van der Waals surface area contributed by atoms with Crippen LogP contribution in [0.1, 0.15) is 155 Å². The molecule has 0 radical (unpaired) electrons. The van der Waals surface area contributed by atoms with Crippen LogP contribution in [-0.2, 0) is 28.2 Å². The molecule has 0 aromatic rings. The highest BCUT2D eigenvalue weighted by molar-refractivity contribution is 7.46. The van der Waals surface area contributed by atoms with E-state index in [-0.39, 0.29) is 19.4 Å². The van der Waals surface area contributed by atoms with Gasteiger partial charge in [0.25, 0.3) is 0 Å². The number of carbonyl (C=O) groups is 2. The molecule has 9 heteroatoms. The molecule has 0 bridgehead atoms. The first-order valence-corrected chi connectivity index (χ1v) is 20.8. The number of allylic oxidation sites excluding steroid dienone is 12. The lowest BCUT2D eigenvalue weighted by atomic mass is 10.1. The first kappa shape index (κ1) is 47.5. The zero-order valence-corrected chi connectivity index (χ0v) is 32.2. The van der Waals surface area contributed by atoms with Crippen LogP contribution in [0.3, 0.4) is 0 Å². The highest BCUT2D eigenvalue weighted by atomic mass is 31.2. The number of esters is 2. The van der Waals surface area contributed by atoms with Gasteiger partial charge in [0.05, 0.1) is 6.61 Å². The molecule has 0 rings (SSSR count). The van der Waals surface area contributed by atoms with Crippen molar-refractivity contribution in [2.24, 2.45) is 0 Å². The van der Waals surface area contributed by atoms with Gasteiger partial charge in [-0.25, -0.2) is 4.57 Å². The second-order valence-electron chi connectivity index (χ2n) is 12.5. The van der Waals surface area contributed by atoms with Gasteiger partial charge in [-0.15, -0.1) is 0 Å². The van der Waals surface area contributed by atoms with Gasteiger partial charge in [0.15, 0.2) is 6.10 Å². The van der Waals surface area contributed by atoms with E-state index in [9.17, 15) is 14.2 Å². The molecular weight excluding hydrogens is 651 g/mol. The van der Waals surface area contributed by atoms with Crippen LogP contribution in [0.5, 0.6) is 0 Å². The van der Waals surface area contributed by atoms with Crippen LogP contribution >= 0.6 is 7.82 Å². The Bertz CT molecular complexity index is 1040. The number of phosphoric acid groups is 1. The molecule has 1 atom stereocenters. The van der Waals surface area contributed by atoms with Crippen molar-refractivity contribution in [2.45, 2.75) is 161 Å². The first-order valence-electron chi connectivity index (χ1n) is 19.2. The van der Waals surface area contributed by atoms with Crippen LogP contribution in [0.2, 0.25) is 0 Å². The monoisotopic (exact) mass is 720 g/mol. The Kier molecular flexibility index (Phi) is 34.5. The average molecular weight is 721 g/mol. The summed E-state index contributed by atoms with van der Waals surface area (Å²) in [5, 5.41) is 0. The van der Waals surface area contributed by atoms with Crippen molar-refractivity contribution in [2.75, 3.05) is 13.2 Å². The molecular formula is C41H69O8P. The van der Waals surface area contributed by atoms with Gasteiger partial charge < -0.3 is 19.3 Å². The summed E-state index contributed by atoms with van der Waals surface area (Å²) in [5.41, 5.74) is 0. The number of unbranched alkanes of at least 4 members (excludes halogenated alkanes) is 12.